The minimum absolute atomic E-state index is 0.0153. The van der Waals surface area contributed by atoms with Crippen molar-refractivity contribution in [3.8, 4) is 0 Å². The number of carbonyl (C=O) groups is 2. The van der Waals surface area contributed by atoms with E-state index in [-0.39, 0.29) is 29.7 Å². The molecule has 0 spiro atoms. The Bertz CT molecular complexity index is 1220. The van der Waals surface area contributed by atoms with Gasteiger partial charge in [-0.2, -0.15) is 0 Å². The van der Waals surface area contributed by atoms with E-state index in [1.807, 2.05) is 35.0 Å². The Balaban J connectivity index is 1.75. The Morgan fingerprint density at radius 2 is 1.87 bits per heavy atom. The second-order valence-corrected chi connectivity index (χ2v) is 7.47. The van der Waals surface area contributed by atoms with Crippen LogP contribution in [0.25, 0.3) is 17.0 Å². The molecule has 1 saturated heterocycles. The van der Waals surface area contributed by atoms with Gasteiger partial charge in [0.1, 0.15) is 11.4 Å². The number of halogens is 1. The van der Waals surface area contributed by atoms with Crippen LogP contribution in [0, 0.1) is 5.82 Å². The Labute approximate surface area is 183 Å². The van der Waals surface area contributed by atoms with Crippen LogP contribution in [0.2, 0.25) is 0 Å². The van der Waals surface area contributed by atoms with Gasteiger partial charge in [0.15, 0.2) is 5.11 Å². The zero-order chi connectivity index (χ0) is 22.0. The molecule has 1 aliphatic heterocycles. The van der Waals surface area contributed by atoms with Crippen molar-refractivity contribution >= 4 is 46.1 Å². The van der Waals surface area contributed by atoms with Crippen molar-refractivity contribution < 1.29 is 18.7 Å². The van der Waals surface area contributed by atoms with Crippen molar-refractivity contribution in [2.75, 3.05) is 20.3 Å². The average molecular weight is 437 g/mol. The maximum atomic E-state index is 14.2. The van der Waals surface area contributed by atoms with E-state index < -0.39 is 11.8 Å². The summed E-state index contributed by atoms with van der Waals surface area (Å²) in [7, 11) is 1.53. The van der Waals surface area contributed by atoms with Gasteiger partial charge in [-0.1, -0.05) is 36.4 Å². The summed E-state index contributed by atoms with van der Waals surface area (Å²) in [6, 6.07) is 14.2. The van der Waals surface area contributed by atoms with Gasteiger partial charge >= 0.3 is 0 Å². The fraction of sp³-hybridized carbons (Fsp3) is 0.174. The van der Waals surface area contributed by atoms with E-state index in [9.17, 15) is 14.0 Å². The largest absolute Gasteiger partial charge is 0.383 e. The van der Waals surface area contributed by atoms with Crippen molar-refractivity contribution in [1.82, 2.24) is 14.8 Å². The van der Waals surface area contributed by atoms with E-state index in [0.717, 1.165) is 10.9 Å². The highest BCUT2D eigenvalue weighted by Gasteiger charge is 2.33. The lowest BCUT2D eigenvalue weighted by molar-refractivity contribution is -0.129. The predicted molar refractivity (Wildman–Crippen MR) is 120 cm³/mol. The molecule has 6 nitrogen and oxygen atoms in total. The Morgan fingerprint density at radius 1 is 1.13 bits per heavy atom. The van der Waals surface area contributed by atoms with E-state index in [1.54, 1.807) is 24.3 Å². The Morgan fingerprint density at radius 3 is 2.65 bits per heavy atom. The number of nitrogens with one attached hydrogen (secondary N) is 1. The number of carbonyl (C=O) groups excluding carboxylic acids is 2. The van der Waals surface area contributed by atoms with Crippen LogP contribution in [0.5, 0.6) is 0 Å². The molecule has 31 heavy (non-hydrogen) atoms. The SMILES string of the molecule is COCCN1C(=O)/C(=C/c2cn(Cc3ccccc3F)c3ccccc23)C(=O)NC1=S. The molecular weight excluding hydrogens is 417 g/mol. The van der Waals surface area contributed by atoms with E-state index in [2.05, 4.69) is 5.32 Å². The molecule has 158 valence electrons. The van der Waals surface area contributed by atoms with Crippen molar-refractivity contribution in [2.45, 2.75) is 6.54 Å². The highest BCUT2D eigenvalue weighted by atomic mass is 32.1. The van der Waals surface area contributed by atoms with Gasteiger partial charge in [0, 0.05) is 35.3 Å². The average Bonchev–Trinajstić information content (AvgIpc) is 3.10. The summed E-state index contributed by atoms with van der Waals surface area (Å²) in [6.07, 6.45) is 3.37. The first-order valence-electron chi connectivity index (χ1n) is 9.68. The monoisotopic (exact) mass is 437 g/mol. The smallest absolute Gasteiger partial charge is 0.265 e. The molecule has 4 rings (SSSR count). The van der Waals surface area contributed by atoms with Crippen LogP contribution in [0.4, 0.5) is 4.39 Å². The number of hydrogen-bond donors (Lipinski definition) is 1. The molecule has 2 aromatic carbocycles. The van der Waals surface area contributed by atoms with Crippen molar-refractivity contribution in [1.29, 1.82) is 0 Å². The lowest BCUT2D eigenvalue weighted by Crippen LogP contribution is -2.54. The minimum atomic E-state index is -0.547. The standard InChI is InChI=1S/C23H20FN3O3S/c1-30-11-10-27-22(29)18(21(28)25-23(27)31)12-16-14-26(20-9-5-3-7-17(16)20)13-15-6-2-4-8-19(15)24/h2-9,12,14H,10-11,13H2,1H3,(H,25,28,31)/b18-12+. The lowest BCUT2D eigenvalue weighted by atomic mass is 10.1. The molecule has 0 saturated carbocycles. The summed E-state index contributed by atoms with van der Waals surface area (Å²) >= 11 is 5.13. The number of aromatic nitrogens is 1. The summed E-state index contributed by atoms with van der Waals surface area (Å²) in [4.78, 5) is 26.8. The molecule has 8 heteroatoms. The fourth-order valence-electron chi connectivity index (χ4n) is 3.57. The van der Waals surface area contributed by atoms with Gasteiger partial charge in [-0.3, -0.25) is 19.8 Å². The number of hydrogen-bond acceptors (Lipinski definition) is 4. The molecule has 1 fully saturated rings. The van der Waals surface area contributed by atoms with Gasteiger partial charge in [-0.25, -0.2) is 4.39 Å². The zero-order valence-electron chi connectivity index (χ0n) is 16.8. The Kier molecular flexibility index (Phi) is 5.92. The van der Waals surface area contributed by atoms with Crippen molar-refractivity contribution in [3.05, 3.63) is 77.2 Å². The normalized spacial score (nSPS) is 15.7. The number of fused-ring (bicyclic) bond motifs is 1. The molecule has 2 amide bonds. The summed E-state index contributed by atoms with van der Waals surface area (Å²) in [5.41, 5.74) is 2.08. The van der Waals surface area contributed by atoms with Crippen LogP contribution >= 0.6 is 12.2 Å². The molecule has 2 heterocycles. The first-order valence-corrected chi connectivity index (χ1v) is 10.1. The molecule has 0 radical (unpaired) electrons. The van der Waals surface area contributed by atoms with E-state index in [1.165, 1.54) is 18.1 Å². The number of thiocarbonyl (C=S) groups is 1. The number of para-hydroxylation sites is 1. The second-order valence-electron chi connectivity index (χ2n) is 7.09. The molecule has 1 aromatic heterocycles. The number of rotatable bonds is 6. The molecular formula is C23H20FN3O3S. The van der Waals surface area contributed by atoms with Gasteiger partial charge in [-0.15, -0.1) is 0 Å². The van der Waals surface area contributed by atoms with E-state index in [4.69, 9.17) is 17.0 Å². The molecule has 0 unspecified atom stereocenters. The Hall–Kier alpha value is -3.36. The first kappa shape index (κ1) is 20.9. The number of methoxy groups -OCH3 is 1. The molecule has 3 aromatic rings. The quantitative estimate of drug-likeness (QED) is 0.366. The zero-order valence-corrected chi connectivity index (χ0v) is 17.6. The molecule has 1 aliphatic rings. The fourth-order valence-corrected chi connectivity index (χ4v) is 3.83. The van der Waals surface area contributed by atoms with Gasteiger partial charge in [0.25, 0.3) is 11.8 Å². The van der Waals surface area contributed by atoms with Crippen LogP contribution in [0.15, 0.2) is 60.3 Å². The third-order valence-corrected chi connectivity index (χ3v) is 5.45. The van der Waals surface area contributed by atoms with Gasteiger partial charge in [-0.05, 0) is 30.4 Å². The van der Waals surface area contributed by atoms with E-state index in [0.29, 0.717) is 17.7 Å². The van der Waals surface area contributed by atoms with Crippen LogP contribution < -0.4 is 5.32 Å². The first-order chi connectivity index (χ1) is 15.0. The predicted octanol–water partition coefficient (Wildman–Crippen LogP) is 3.10. The molecule has 0 bridgehead atoms. The molecule has 0 atom stereocenters. The minimum Gasteiger partial charge on any atom is -0.383 e. The summed E-state index contributed by atoms with van der Waals surface area (Å²) in [5, 5.41) is 3.47. The number of ether oxygens (including phenoxy) is 1. The highest BCUT2D eigenvalue weighted by Crippen LogP contribution is 2.26. The van der Waals surface area contributed by atoms with Gasteiger partial charge < -0.3 is 9.30 Å². The maximum absolute atomic E-state index is 14.2. The van der Waals surface area contributed by atoms with Crippen molar-refractivity contribution in [2.24, 2.45) is 0 Å². The van der Waals surface area contributed by atoms with E-state index >= 15 is 0 Å². The number of benzene rings is 2. The highest BCUT2D eigenvalue weighted by molar-refractivity contribution is 7.80. The maximum Gasteiger partial charge on any atom is 0.265 e. The van der Waals surface area contributed by atoms with Crippen LogP contribution in [-0.2, 0) is 20.9 Å². The summed E-state index contributed by atoms with van der Waals surface area (Å²) < 4.78 is 21.1. The summed E-state index contributed by atoms with van der Waals surface area (Å²) in [6.45, 7) is 0.846. The van der Waals surface area contributed by atoms with Gasteiger partial charge in [0.2, 0.25) is 0 Å². The van der Waals surface area contributed by atoms with Gasteiger partial charge in [0.05, 0.1) is 19.7 Å². The van der Waals surface area contributed by atoms with Crippen LogP contribution in [0.3, 0.4) is 0 Å². The lowest BCUT2D eigenvalue weighted by Gasteiger charge is -2.28. The number of amides is 2. The molecule has 1 N–H and O–H groups in total. The second kappa shape index (κ2) is 8.79. The topological polar surface area (TPSA) is 63.6 Å². The third-order valence-electron chi connectivity index (χ3n) is 5.12. The molecule has 0 aliphatic carbocycles. The summed E-state index contributed by atoms with van der Waals surface area (Å²) in [5.74, 6) is -1.31. The van der Waals surface area contributed by atoms with Crippen molar-refractivity contribution in [3.63, 3.8) is 0 Å². The third kappa shape index (κ3) is 4.12. The van der Waals surface area contributed by atoms with Crippen LogP contribution in [0.1, 0.15) is 11.1 Å². The number of nitrogens with zero attached hydrogens (tertiary/aromatic N) is 2. The van der Waals surface area contributed by atoms with Crippen LogP contribution in [-0.4, -0.2) is 46.7 Å².